The molecule has 1 atom stereocenters. The van der Waals surface area contributed by atoms with Gasteiger partial charge in [-0.3, -0.25) is 4.79 Å². The fourth-order valence-corrected chi connectivity index (χ4v) is 2.23. The third-order valence-electron chi connectivity index (χ3n) is 3.20. The molecule has 17 heavy (non-hydrogen) atoms. The van der Waals surface area contributed by atoms with E-state index >= 15 is 0 Å². The normalized spacial score (nSPS) is 18.5. The predicted octanol–water partition coefficient (Wildman–Crippen LogP) is 0.607. The molecule has 2 N–H and O–H groups in total. The van der Waals surface area contributed by atoms with E-state index in [4.69, 9.17) is 5.11 Å². The van der Waals surface area contributed by atoms with Gasteiger partial charge < -0.3 is 15.2 Å². The van der Waals surface area contributed by atoms with E-state index in [-0.39, 0.29) is 5.91 Å². The Labute approximate surface area is 102 Å². The van der Waals surface area contributed by atoms with Crippen LogP contribution in [0.4, 0.5) is 0 Å². The molecule has 0 heterocycles. The molecule has 1 fully saturated rings. The van der Waals surface area contributed by atoms with Gasteiger partial charge in [-0.2, -0.15) is 0 Å². The Balaban J connectivity index is 2.33. The zero-order chi connectivity index (χ0) is 12.7. The van der Waals surface area contributed by atoms with Crippen LogP contribution in [0.3, 0.4) is 0 Å². The zero-order valence-electron chi connectivity index (χ0n) is 10.3. The number of carbonyl (C=O) groups excluding carboxylic acids is 2. The van der Waals surface area contributed by atoms with Gasteiger partial charge >= 0.3 is 5.97 Å². The van der Waals surface area contributed by atoms with Gasteiger partial charge in [0.2, 0.25) is 5.91 Å². The summed E-state index contributed by atoms with van der Waals surface area (Å²) in [4.78, 5) is 22.8. The number of methoxy groups -OCH3 is 1. The highest BCUT2D eigenvalue weighted by molar-refractivity contribution is 5.84. The minimum atomic E-state index is -0.934. The molecule has 1 aliphatic rings. The van der Waals surface area contributed by atoms with E-state index in [0.717, 1.165) is 12.8 Å². The van der Waals surface area contributed by atoms with Gasteiger partial charge in [-0.1, -0.05) is 19.3 Å². The summed E-state index contributed by atoms with van der Waals surface area (Å²) in [6.07, 6.45) is 6.20. The average Bonchev–Trinajstić information content (AvgIpc) is 2.36. The molecule has 98 valence electrons. The number of aliphatic hydroxyl groups excluding tert-OH is 1. The third kappa shape index (κ3) is 4.73. The van der Waals surface area contributed by atoms with Gasteiger partial charge in [0.05, 0.1) is 13.7 Å². The predicted molar refractivity (Wildman–Crippen MR) is 62.2 cm³/mol. The van der Waals surface area contributed by atoms with Crippen molar-refractivity contribution in [2.75, 3.05) is 13.7 Å². The van der Waals surface area contributed by atoms with Crippen LogP contribution in [0.15, 0.2) is 0 Å². The molecule has 1 unspecified atom stereocenters. The summed E-state index contributed by atoms with van der Waals surface area (Å²) in [5.41, 5.74) is 0. The van der Waals surface area contributed by atoms with Crippen molar-refractivity contribution in [2.24, 2.45) is 5.92 Å². The number of hydrogen-bond donors (Lipinski definition) is 2. The summed E-state index contributed by atoms with van der Waals surface area (Å²) in [6, 6.07) is -0.934. The van der Waals surface area contributed by atoms with Crippen molar-refractivity contribution in [1.82, 2.24) is 5.32 Å². The van der Waals surface area contributed by atoms with Crippen LogP contribution in [0, 0.1) is 5.92 Å². The molecule has 5 heteroatoms. The first kappa shape index (κ1) is 14.0. The van der Waals surface area contributed by atoms with Crippen molar-refractivity contribution in [3.63, 3.8) is 0 Å². The lowest BCUT2D eigenvalue weighted by Crippen LogP contribution is -2.44. The van der Waals surface area contributed by atoms with Crippen molar-refractivity contribution in [1.29, 1.82) is 0 Å². The second-order valence-corrected chi connectivity index (χ2v) is 4.53. The van der Waals surface area contributed by atoms with E-state index in [1.54, 1.807) is 0 Å². The summed E-state index contributed by atoms with van der Waals surface area (Å²) in [6.45, 7) is -0.428. The van der Waals surface area contributed by atoms with Gasteiger partial charge in [0.25, 0.3) is 0 Å². The molecule has 0 spiro atoms. The van der Waals surface area contributed by atoms with Crippen LogP contribution in [-0.4, -0.2) is 36.7 Å². The molecule has 1 aliphatic carbocycles. The van der Waals surface area contributed by atoms with Crippen molar-refractivity contribution in [2.45, 2.75) is 44.6 Å². The number of hydrogen-bond acceptors (Lipinski definition) is 4. The van der Waals surface area contributed by atoms with E-state index in [0.29, 0.717) is 12.3 Å². The fraction of sp³-hybridized carbons (Fsp3) is 0.833. The molecule has 0 aromatic carbocycles. The highest BCUT2D eigenvalue weighted by atomic mass is 16.5. The molecule has 0 aromatic heterocycles. The molecular formula is C12H21NO4. The Hall–Kier alpha value is -1.10. The van der Waals surface area contributed by atoms with Crippen molar-refractivity contribution in [3.8, 4) is 0 Å². The average molecular weight is 243 g/mol. The first-order chi connectivity index (χ1) is 8.17. The molecule has 1 saturated carbocycles. The molecule has 5 nitrogen and oxygen atoms in total. The highest BCUT2D eigenvalue weighted by Gasteiger charge is 2.23. The van der Waals surface area contributed by atoms with Gasteiger partial charge in [-0.15, -0.1) is 0 Å². The minimum Gasteiger partial charge on any atom is -0.467 e. The van der Waals surface area contributed by atoms with Crippen molar-refractivity contribution < 1.29 is 19.4 Å². The molecule has 0 saturated heterocycles. The molecule has 0 aromatic rings. The Morgan fingerprint density at radius 1 is 1.35 bits per heavy atom. The van der Waals surface area contributed by atoms with Gasteiger partial charge in [0.15, 0.2) is 6.04 Å². The lowest BCUT2D eigenvalue weighted by molar-refractivity contribution is -0.146. The standard InChI is InChI=1S/C12H21NO4/c1-17-12(16)10(8-14)13-11(15)7-9-5-3-2-4-6-9/h9-10,14H,2-8H2,1H3,(H,13,15). The zero-order valence-corrected chi connectivity index (χ0v) is 10.3. The molecular weight excluding hydrogens is 222 g/mol. The van der Waals surface area contributed by atoms with E-state index in [1.807, 2.05) is 0 Å². The molecule has 1 rings (SSSR count). The Bertz CT molecular complexity index is 261. The largest absolute Gasteiger partial charge is 0.467 e. The van der Waals surface area contributed by atoms with Crippen LogP contribution in [0.2, 0.25) is 0 Å². The van der Waals surface area contributed by atoms with Crippen LogP contribution < -0.4 is 5.32 Å². The van der Waals surface area contributed by atoms with Gasteiger partial charge in [-0.25, -0.2) is 4.79 Å². The maximum absolute atomic E-state index is 11.7. The number of aliphatic hydroxyl groups is 1. The van der Waals surface area contributed by atoms with Crippen molar-refractivity contribution >= 4 is 11.9 Å². The molecule has 0 radical (unpaired) electrons. The number of carbonyl (C=O) groups is 2. The molecule has 0 bridgehead atoms. The smallest absolute Gasteiger partial charge is 0.330 e. The lowest BCUT2D eigenvalue weighted by atomic mass is 9.87. The SMILES string of the molecule is COC(=O)C(CO)NC(=O)CC1CCCCC1. The Kier molecular flexibility index (Phi) is 5.97. The number of nitrogens with one attached hydrogen (secondary N) is 1. The van der Waals surface area contributed by atoms with Gasteiger partial charge in [0.1, 0.15) is 0 Å². The highest BCUT2D eigenvalue weighted by Crippen LogP contribution is 2.26. The minimum absolute atomic E-state index is 0.179. The Morgan fingerprint density at radius 3 is 2.53 bits per heavy atom. The number of rotatable bonds is 5. The quantitative estimate of drug-likeness (QED) is 0.694. The monoisotopic (exact) mass is 243 g/mol. The summed E-state index contributed by atoms with van der Waals surface area (Å²) in [5, 5.41) is 11.5. The Morgan fingerprint density at radius 2 is 2.00 bits per heavy atom. The van der Waals surface area contributed by atoms with Crippen LogP contribution in [0.5, 0.6) is 0 Å². The number of esters is 1. The van der Waals surface area contributed by atoms with Gasteiger partial charge in [-0.05, 0) is 18.8 Å². The molecule has 0 aliphatic heterocycles. The van der Waals surface area contributed by atoms with Crippen molar-refractivity contribution in [3.05, 3.63) is 0 Å². The van der Waals surface area contributed by atoms with Crippen LogP contribution in [-0.2, 0) is 14.3 Å². The third-order valence-corrected chi connectivity index (χ3v) is 3.20. The summed E-state index contributed by atoms with van der Waals surface area (Å²) >= 11 is 0. The molecule has 1 amide bonds. The number of ether oxygens (including phenoxy) is 1. The van der Waals surface area contributed by atoms with Crippen LogP contribution in [0.25, 0.3) is 0 Å². The number of amides is 1. The summed E-state index contributed by atoms with van der Waals surface area (Å²) in [5.74, 6) is -0.369. The summed E-state index contributed by atoms with van der Waals surface area (Å²) in [7, 11) is 1.23. The van der Waals surface area contributed by atoms with E-state index < -0.39 is 18.6 Å². The first-order valence-corrected chi connectivity index (χ1v) is 6.15. The topological polar surface area (TPSA) is 75.6 Å². The van der Waals surface area contributed by atoms with Crippen LogP contribution >= 0.6 is 0 Å². The maximum atomic E-state index is 11.7. The first-order valence-electron chi connectivity index (χ1n) is 6.15. The lowest BCUT2D eigenvalue weighted by Gasteiger charge is -2.22. The summed E-state index contributed by atoms with van der Waals surface area (Å²) < 4.78 is 4.48. The maximum Gasteiger partial charge on any atom is 0.330 e. The van der Waals surface area contributed by atoms with E-state index in [2.05, 4.69) is 10.1 Å². The van der Waals surface area contributed by atoms with Crippen LogP contribution in [0.1, 0.15) is 38.5 Å². The second-order valence-electron chi connectivity index (χ2n) is 4.53. The fourth-order valence-electron chi connectivity index (χ4n) is 2.23. The van der Waals surface area contributed by atoms with Gasteiger partial charge in [0, 0.05) is 6.42 Å². The van der Waals surface area contributed by atoms with E-state index in [1.165, 1.54) is 26.4 Å². The van der Waals surface area contributed by atoms with E-state index in [9.17, 15) is 9.59 Å². The second kappa shape index (κ2) is 7.27.